The van der Waals surface area contributed by atoms with Gasteiger partial charge in [-0.2, -0.15) is 14.4 Å². The molecule has 0 aliphatic carbocycles. The van der Waals surface area contributed by atoms with E-state index in [1.54, 1.807) is 0 Å². The van der Waals surface area contributed by atoms with E-state index >= 15 is 0 Å². The van der Waals surface area contributed by atoms with Crippen LogP contribution in [0.2, 0.25) is 0 Å². The van der Waals surface area contributed by atoms with Gasteiger partial charge in [-0.1, -0.05) is 141 Å². The zero-order valence-corrected chi connectivity index (χ0v) is 28.4. The Hall–Kier alpha value is -2.77. The highest BCUT2D eigenvalue weighted by Gasteiger charge is 2.55. The Kier molecular flexibility index (Phi) is 16.8. The highest BCUT2D eigenvalue weighted by molar-refractivity contribution is 5.81. The van der Waals surface area contributed by atoms with E-state index < -0.39 is 35.9 Å². The van der Waals surface area contributed by atoms with Crippen molar-refractivity contribution in [2.45, 2.75) is 166 Å². The SMILES string of the molecule is C#C[C@@]1(C(CCCCCCCCCCCCCCCCCCCCCC)C(=O)OC)O[C@@H](n2cnc3c(N)nc(F)nc32)C[C@@H]1O. The molecule has 0 aromatic carbocycles. The van der Waals surface area contributed by atoms with Crippen molar-refractivity contribution in [3.05, 3.63) is 12.4 Å². The lowest BCUT2D eigenvalue weighted by Crippen LogP contribution is -2.49. The number of unbranched alkanes of at least 4 members (excludes halogenated alkanes) is 19. The fourth-order valence-electron chi connectivity index (χ4n) is 6.81. The van der Waals surface area contributed by atoms with Gasteiger partial charge < -0.3 is 20.3 Å². The number of anilines is 1. The van der Waals surface area contributed by atoms with Gasteiger partial charge in [0.05, 0.1) is 25.5 Å². The topological polar surface area (TPSA) is 125 Å². The molecule has 10 heteroatoms. The molecule has 0 saturated carbocycles. The van der Waals surface area contributed by atoms with Crippen molar-refractivity contribution in [1.82, 2.24) is 19.5 Å². The van der Waals surface area contributed by atoms with E-state index in [1.807, 2.05) is 0 Å². The van der Waals surface area contributed by atoms with Crippen LogP contribution in [0.5, 0.6) is 0 Å². The molecule has 1 saturated heterocycles. The smallest absolute Gasteiger partial charge is 0.312 e. The highest BCUT2D eigenvalue weighted by Crippen LogP contribution is 2.44. The number of hydrogen-bond acceptors (Lipinski definition) is 8. The van der Waals surface area contributed by atoms with E-state index in [-0.39, 0.29) is 23.4 Å². The van der Waals surface area contributed by atoms with Crippen LogP contribution in [-0.4, -0.2) is 49.4 Å². The summed E-state index contributed by atoms with van der Waals surface area (Å²) in [4.78, 5) is 24.4. The standard InChI is InChI=1S/C36H58FN5O4/c1-4-6-7-8-9-10-11-12-13-14-15-16-17-18-19-20-21-22-23-24-25-28(34(44)45-3)36(5-2)29(43)26-30(46-36)42-27-39-31-32(38)40-35(37)41-33(31)42/h2,27-30,43H,4,6-26H2,1,3H3,(H2,38,40,41)/t28?,29-,30+,36-/m0/s1. The number of rotatable bonds is 24. The second-order valence-electron chi connectivity index (χ2n) is 13.0. The van der Waals surface area contributed by atoms with Gasteiger partial charge in [0.2, 0.25) is 0 Å². The first-order chi connectivity index (χ1) is 22.4. The van der Waals surface area contributed by atoms with Gasteiger partial charge in [0.1, 0.15) is 6.23 Å². The summed E-state index contributed by atoms with van der Waals surface area (Å²) in [5.41, 5.74) is 4.53. The van der Waals surface area contributed by atoms with Crippen molar-refractivity contribution < 1.29 is 23.8 Å². The number of methoxy groups -OCH3 is 1. The van der Waals surface area contributed by atoms with E-state index in [9.17, 15) is 14.3 Å². The monoisotopic (exact) mass is 643 g/mol. The van der Waals surface area contributed by atoms with Gasteiger partial charge in [0, 0.05) is 6.42 Å². The minimum Gasteiger partial charge on any atom is -0.469 e. The van der Waals surface area contributed by atoms with Crippen molar-refractivity contribution in [1.29, 1.82) is 0 Å². The predicted octanol–water partition coefficient (Wildman–Crippen LogP) is 8.20. The lowest BCUT2D eigenvalue weighted by molar-refractivity contribution is -0.163. The molecule has 4 atom stereocenters. The molecule has 1 aliphatic heterocycles. The molecule has 3 N–H and O–H groups in total. The summed E-state index contributed by atoms with van der Waals surface area (Å²) in [6, 6.07) is 0. The third-order valence-electron chi connectivity index (χ3n) is 9.56. The minimum atomic E-state index is -1.60. The zero-order chi connectivity index (χ0) is 33.2. The number of terminal acetylenes is 1. The van der Waals surface area contributed by atoms with Gasteiger partial charge >= 0.3 is 12.0 Å². The Bertz CT molecular complexity index is 1220. The molecule has 3 heterocycles. The average molecular weight is 644 g/mol. The van der Waals surface area contributed by atoms with Gasteiger partial charge in [-0.25, -0.2) is 4.98 Å². The van der Waals surface area contributed by atoms with Gasteiger partial charge in [0.15, 0.2) is 22.6 Å². The van der Waals surface area contributed by atoms with Crippen LogP contribution >= 0.6 is 0 Å². The first-order valence-corrected chi connectivity index (χ1v) is 17.9. The molecule has 258 valence electrons. The summed E-state index contributed by atoms with van der Waals surface area (Å²) >= 11 is 0. The van der Waals surface area contributed by atoms with Gasteiger partial charge in [-0.3, -0.25) is 9.36 Å². The number of halogens is 1. The maximum Gasteiger partial charge on any atom is 0.312 e. The van der Waals surface area contributed by atoms with Crippen molar-refractivity contribution in [3.8, 4) is 12.3 Å². The summed E-state index contributed by atoms with van der Waals surface area (Å²) in [6.07, 6.45) is 30.6. The first-order valence-electron chi connectivity index (χ1n) is 17.9. The van der Waals surface area contributed by atoms with Crippen LogP contribution in [0, 0.1) is 24.3 Å². The van der Waals surface area contributed by atoms with Crippen LogP contribution in [0.4, 0.5) is 10.2 Å². The molecule has 0 bridgehead atoms. The Morgan fingerprint density at radius 3 is 1.98 bits per heavy atom. The normalized spacial score (nSPS) is 20.2. The second-order valence-corrected chi connectivity index (χ2v) is 13.0. The third kappa shape index (κ3) is 10.9. The molecule has 1 unspecified atom stereocenters. The fourth-order valence-corrected chi connectivity index (χ4v) is 6.81. The van der Waals surface area contributed by atoms with Crippen molar-refractivity contribution in [3.63, 3.8) is 0 Å². The minimum absolute atomic E-state index is 0.0634. The average Bonchev–Trinajstić information content (AvgIpc) is 3.62. The number of fused-ring (bicyclic) bond motifs is 1. The van der Waals surface area contributed by atoms with Crippen LogP contribution in [0.1, 0.15) is 154 Å². The fraction of sp³-hybridized carbons (Fsp3) is 0.778. The quantitative estimate of drug-likeness (QED) is 0.0508. The molecular weight excluding hydrogens is 585 g/mol. The largest absolute Gasteiger partial charge is 0.469 e. The van der Waals surface area contributed by atoms with Crippen molar-refractivity contribution in [2.24, 2.45) is 5.92 Å². The number of carbonyl (C=O) groups is 1. The summed E-state index contributed by atoms with van der Waals surface area (Å²) < 4.78 is 26.7. The summed E-state index contributed by atoms with van der Waals surface area (Å²) in [7, 11) is 1.31. The number of aliphatic hydroxyl groups excluding tert-OH is 1. The second kappa shape index (κ2) is 20.5. The molecule has 0 radical (unpaired) electrons. The zero-order valence-electron chi connectivity index (χ0n) is 28.4. The number of aromatic nitrogens is 4. The highest BCUT2D eigenvalue weighted by atomic mass is 19.1. The maximum absolute atomic E-state index is 13.9. The molecule has 0 spiro atoms. The molecule has 0 amide bonds. The molecule has 1 fully saturated rings. The van der Waals surface area contributed by atoms with E-state index in [1.165, 1.54) is 121 Å². The molecule has 1 aliphatic rings. The molecule has 3 rings (SSSR count). The van der Waals surface area contributed by atoms with E-state index in [2.05, 4.69) is 27.8 Å². The molecular formula is C36H58FN5O4. The number of nitrogen functional groups attached to an aromatic ring is 1. The van der Waals surface area contributed by atoms with Crippen LogP contribution in [0.15, 0.2) is 6.33 Å². The van der Waals surface area contributed by atoms with E-state index in [0.717, 1.165) is 25.7 Å². The number of carbonyl (C=O) groups excluding carboxylic acids is 1. The Morgan fingerprint density at radius 2 is 1.50 bits per heavy atom. The number of esters is 1. The Labute approximate surface area is 275 Å². The van der Waals surface area contributed by atoms with E-state index in [4.69, 9.17) is 21.6 Å². The predicted molar refractivity (Wildman–Crippen MR) is 180 cm³/mol. The molecule has 2 aromatic heterocycles. The van der Waals surface area contributed by atoms with Crippen LogP contribution in [0.25, 0.3) is 11.2 Å². The first kappa shape index (κ1) is 37.7. The maximum atomic E-state index is 13.9. The van der Waals surface area contributed by atoms with Gasteiger partial charge in [-0.15, -0.1) is 6.42 Å². The van der Waals surface area contributed by atoms with Crippen LogP contribution in [0.3, 0.4) is 0 Å². The van der Waals surface area contributed by atoms with E-state index in [0.29, 0.717) is 6.42 Å². The van der Waals surface area contributed by atoms with Crippen LogP contribution < -0.4 is 5.73 Å². The Balaban J connectivity index is 1.31. The van der Waals surface area contributed by atoms with Gasteiger partial charge in [0.25, 0.3) is 0 Å². The number of ether oxygens (including phenoxy) is 2. The lowest BCUT2D eigenvalue weighted by Gasteiger charge is -2.33. The molecule has 9 nitrogen and oxygen atoms in total. The summed E-state index contributed by atoms with van der Waals surface area (Å²) in [6.45, 7) is 2.27. The van der Waals surface area contributed by atoms with Crippen molar-refractivity contribution in [2.75, 3.05) is 12.8 Å². The Morgan fingerprint density at radius 1 is 1.00 bits per heavy atom. The molecule has 46 heavy (non-hydrogen) atoms. The molecule has 2 aromatic rings. The summed E-state index contributed by atoms with van der Waals surface area (Å²) in [5, 5.41) is 11.1. The number of nitrogens with two attached hydrogens (primary N) is 1. The number of hydrogen-bond donors (Lipinski definition) is 2. The van der Waals surface area contributed by atoms with Crippen LogP contribution in [-0.2, 0) is 14.3 Å². The lowest BCUT2D eigenvalue weighted by atomic mass is 9.80. The number of nitrogens with zero attached hydrogens (tertiary/aromatic N) is 4. The number of aliphatic hydroxyl groups is 1. The third-order valence-corrected chi connectivity index (χ3v) is 9.56. The van der Waals surface area contributed by atoms with Crippen molar-refractivity contribution >= 4 is 23.0 Å². The number of imidazole rings is 1. The van der Waals surface area contributed by atoms with Gasteiger partial charge in [-0.05, 0) is 6.42 Å². The summed E-state index contributed by atoms with van der Waals surface area (Å²) in [5.74, 6) is 1.10.